The smallest absolute Gasteiger partial charge is 0.233 e. The van der Waals surface area contributed by atoms with Gasteiger partial charge in [0.05, 0.1) is 11.4 Å². The second-order valence-electron chi connectivity index (χ2n) is 6.33. The summed E-state index contributed by atoms with van der Waals surface area (Å²) in [7, 11) is 0. The summed E-state index contributed by atoms with van der Waals surface area (Å²) in [5, 5.41) is 0. The normalized spacial score (nSPS) is 24.6. The Morgan fingerprint density at radius 1 is 1.32 bits per heavy atom. The van der Waals surface area contributed by atoms with Gasteiger partial charge in [0.1, 0.15) is 4.38 Å². The fourth-order valence-electron chi connectivity index (χ4n) is 3.17. The van der Waals surface area contributed by atoms with Gasteiger partial charge in [-0.1, -0.05) is 55.6 Å². The maximum Gasteiger partial charge on any atom is 0.233 e. The highest BCUT2D eigenvalue weighted by Crippen LogP contribution is 2.34. The van der Waals surface area contributed by atoms with Crippen molar-refractivity contribution >= 4 is 39.5 Å². The van der Waals surface area contributed by atoms with Crippen molar-refractivity contribution in [2.75, 3.05) is 18.8 Å². The molecule has 22 heavy (non-hydrogen) atoms. The van der Waals surface area contributed by atoms with Crippen molar-refractivity contribution in [3.63, 3.8) is 0 Å². The molecule has 0 spiro atoms. The number of carbonyl (C=O) groups is 1. The van der Waals surface area contributed by atoms with E-state index in [1.807, 2.05) is 17.0 Å². The highest BCUT2D eigenvalue weighted by Gasteiger charge is 2.25. The van der Waals surface area contributed by atoms with Crippen molar-refractivity contribution in [2.24, 2.45) is 16.8 Å². The van der Waals surface area contributed by atoms with Gasteiger partial charge in [-0.15, -0.1) is 0 Å². The first kappa shape index (κ1) is 15.9. The van der Waals surface area contributed by atoms with Crippen LogP contribution in [0.15, 0.2) is 29.3 Å². The molecular weight excluding hydrogens is 312 g/mol. The number of rotatable bonds is 2. The zero-order valence-corrected chi connectivity index (χ0v) is 14.8. The molecule has 118 valence electrons. The first-order valence-electron chi connectivity index (χ1n) is 7.82. The molecule has 2 atom stereocenters. The average molecular weight is 335 g/mol. The number of amides is 1. The van der Waals surface area contributed by atoms with E-state index in [2.05, 4.69) is 31.0 Å². The molecular formula is C17H22N2OS2. The Hall–Kier alpha value is -0.940. The molecule has 1 fully saturated rings. The van der Waals surface area contributed by atoms with E-state index in [0.29, 0.717) is 17.6 Å². The number of hydrogen-bond donors (Lipinski definition) is 0. The summed E-state index contributed by atoms with van der Waals surface area (Å²) in [6.07, 6.45) is 1.23. The minimum absolute atomic E-state index is 0.255. The van der Waals surface area contributed by atoms with Gasteiger partial charge in [-0.2, -0.15) is 0 Å². The largest absolute Gasteiger partial charge is 0.341 e. The highest BCUT2D eigenvalue weighted by molar-refractivity contribution is 8.38. The monoisotopic (exact) mass is 334 g/mol. The Morgan fingerprint density at radius 2 is 2.05 bits per heavy atom. The Labute approximate surface area is 140 Å². The summed E-state index contributed by atoms with van der Waals surface area (Å²) in [6, 6.07) is 8.23. The zero-order chi connectivity index (χ0) is 15.5. The van der Waals surface area contributed by atoms with Gasteiger partial charge in [0.15, 0.2) is 0 Å². The van der Waals surface area contributed by atoms with Crippen LogP contribution in [0.3, 0.4) is 0 Å². The van der Waals surface area contributed by atoms with E-state index in [-0.39, 0.29) is 5.91 Å². The zero-order valence-electron chi connectivity index (χ0n) is 13.1. The number of benzene rings is 1. The quantitative estimate of drug-likeness (QED) is 0.814. The standard InChI is InChI=1S/C17H22N2OS2/c1-12-7-13(2)9-19(8-12)16(20)11-22-17-18-15-6-4-3-5-14(15)10-21-17/h3-6,12-13H,7-11H2,1-2H3. The van der Waals surface area contributed by atoms with Gasteiger partial charge in [0, 0.05) is 18.8 Å². The Morgan fingerprint density at radius 3 is 2.82 bits per heavy atom. The highest BCUT2D eigenvalue weighted by atomic mass is 32.2. The van der Waals surface area contributed by atoms with Crippen LogP contribution < -0.4 is 0 Å². The lowest BCUT2D eigenvalue weighted by Gasteiger charge is -2.35. The lowest BCUT2D eigenvalue weighted by molar-refractivity contribution is -0.130. The van der Waals surface area contributed by atoms with Gasteiger partial charge in [0.2, 0.25) is 5.91 Å². The molecule has 0 radical (unpaired) electrons. The van der Waals surface area contributed by atoms with Crippen LogP contribution in [0.2, 0.25) is 0 Å². The third-order valence-corrected chi connectivity index (χ3v) is 6.33. The summed E-state index contributed by atoms with van der Waals surface area (Å²) >= 11 is 3.32. The number of hydrogen-bond acceptors (Lipinski definition) is 4. The Kier molecular flexibility index (Phi) is 5.14. The van der Waals surface area contributed by atoms with E-state index in [9.17, 15) is 4.79 Å². The molecule has 2 aliphatic heterocycles. The van der Waals surface area contributed by atoms with Crippen LogP contribution >= 0.6 is 23.5 Å². The summed E-state index contributed by atoms with van der Waals surface area (Å²) < 4.78 is 1.02. The van der Waals surface area contributed by atoms with Crippen molar-refractivity contribution in [3.05, 3.63) is 29.8 Å². The van der Waals surface area contributed by atoms with Gasteiger partial charge in [-0.3, -0.25) is 4.79 Å². The predicted molar refractivity (Wildman–Crippen MR) is 96.8 cm³/mol. The van der Waals surface area contributed by atoms with E-state index >= 15 is 0 Å². The minimum atomic E-state index is 0.255. The minimum Gasteiger partial charge on any atom is -0.341 e. The summed E-state index contributed by atoms with van der Waals surface area (Å²) in [5.41, 5.74) is 2.33. The number of thioether (sulfide) groups is 2. The summed E-state index contributed by atoms with van der Waals surface area (Å²) in [4.78, 5) is 19.1. The lowest BCUT2D eigenvalue weighted by Crippen LogP contribution is -2.43. The lowest BCUT2D eigenvalue weighted by atomic mass is 9.92. The van der Waals surface area contributed by atoms with Crippen molar-refractivity contribution in [1.82, 2.24) is 4.90 Å². The van der Waals surface area contributed by atoms with Crippen molar-refractivity contribution in [2.45, 2.75) is 26.0 Å². The van der Waals surface area contributed by atoms with Gasteiger partial charge < -0.3 is 4.90 Å². The average Bonchev–Trinajstić information content (AvgIpc) is 2.51. The van der Waals surface area contributed by atoms with E-state index in [1.54, 1.807) is 23.5 Å². The molecule has 0 aromatic heterocycles. The second-order valence-corrected chi connectivity index (χ2v) is 8.52. The molecule has 2 heterocycles. The maximum atomic E-state index is 12.4. The molecule has 5 heteroatoms. The molecule has 0 saturated carbocycles. The predicted octanol–water partition coefficient (Wildman–Crippen LogP) is 4.16. The maximum absolute atomic E-state index is 12.4. The number of nitrogens with zero attached hydrogens (tertiary/aromatic N) is 2. The van der Waals surface area contributed by atoms with E-state index in [1.165, 1.54) is 12.0 Å². The van der Waals surface area contributed by atoms with Crippen LogP contribution in [0.4, 0.5) is 5.69 Å². The van der Waals surface area contributed by atoms with E-state index in [4.69, 9.17) is 0 Å². The molecule has 0 aliphatic carbocycles. The molecule has 2 unspecified atom stereocenters. The molecule has 1 aromatic carbocycles. The third kappa shape index (κ3) is 3.87. The molecule has 3 rings (SSSR count). The number of piperidine rings is 1. The fourth-order valence-corrected chi connectivity index (χ4v) is 5.13. The van der Waals surface area contributed by atoms with Crippen LogP contribution in [-0.4, -0.2) is 34.0 Å². The van der Waals surface area contributed by atoms with Crippen LogP contribution in [0.5, 0.6) is 0 Å². The van der Waals surface area contributed by atoms with Crippen LogP contribution in [0, 0.1) is 11.8 Å². The molecule has 0 N–H and O–H groups in total. The van der Waals surface area contributed by atoms with Crippen LogP contribution in [-0.2, 0) is 10.5 Å². The van der Waals surface area contributed by atoms with Gasteiger partial charge >= 0.3 is 0 Å². The number of likely N-dealkylation sites (tertiary alicyclic amines) is 1. The van der Waals surface area contributed by atoms with Crippen LogP contribution in [0.1, 0.15) is 25.8 Å². The van der Waals surface area contributed by atoms with Crippen molar-refractivity contribution in [1.29, 1.82) is 0 Å². The van der Waals surface area contributed by atoms with Crippen molar-refractivity contribution in [3.8, 4) is 0 Å². The number of carbonyl (C=O) groups excluding carboxylic acids is 1. The first-order valence-corrected chi connectivity index (χ1v) is 9.79. The Balaban J connectivity index is 1.57. The molecule has 1 aromatic rings. The number of aliphatic imine (C=N–C) groups is 1. The number of para-hydroxylation sites is 1. The number of fused-ring (bicyclic) bond motifs is 1. The van der Waals surface area contributed by atoms with Gasteiger partial charge in [-0.05, 0) is 29.9 Å². The molecule has 3 nitrogen and oxygen atoms in total. The topological polar surface area (TPSA) is 32.7 Å². The second kappa shape index (κ2) is 7.09. The summed E-state index contributed by atoms with van der Waals surface area (Å²) in [6.45, 7) is 6.29. The molecule has 2 aliphatic rings. The Bertz CT molecular complexity index is 578. The molecule has 1 amide bonds. The summed E-state index contributed by atoms with van der Waals surface area (Å²) in [5.74, 6) is 2.95. The molecule has 0 bridgehead atoms. The SMILES string of the molecule is CC1CC(C)CN(C(=O)CSC2=Nc3ccccc3CS2)C1. The van der Waals surface area contributed by atoms with E-state index < -0.39 is 0 Å². The fraction of sp³-hybridized carbons (Fsp3) is 0.529. The van der Waals surface area contributed by atoms with E-state index in [0.717, 1.165) is 28.9 Å². The van der Waals surface area contributed by atoms with Gasteiger partial charge in [0.25, 0.3) is 0 Å². The van der Waals surface area contributed by atoms with Crippen molar-refractivity contribution < 1.29 is 4.79 Å². The third-order valence-electron chi connectivity index (χ3n) is 4.10. The molecule has 1 saturated heterocycles. The van der Waals surface area contributed by atoms with Crippen LogP contribution in [0.25, 0.3) is 0 Å². The van der Waals surface area contributed by atoms with Gasteiger partial charge in [-0.25, -0.2) is 4.99 Å². The first-order chi connectivity index (χ1) is 10.6.